The molecule has 110 valence electrons. The highest BCUT2D eigenvalue weighted by atomic mass is 79.9. The summed E-state index contributed by atoms with van der Waals surface area (Å²) >= 11 is 3.30. The van der Waals surface area contributed by atoms with E-state index in [9.17, 15) is 9.18 Å². The Morgan fingerprint density at radius 2 is 2.05 bits per heavy atom. The van der Waals surface area contributed by atoms with Gasteiger partial charge in [0.05, 0.1) is 0 Å². The number of nitrogen functional groups attached to an aromatic ring is 1. The van der Waals surface area contributed by atoms with E-state index in [2.05, 4.69) is 21.2 Å². The lowest BCUT2D eigenvalue weighted by Crippen LogP contribution is -2.25. The summed E-state index contributed by atoms with van der Waals surface area (Å²) in [7, 11) is 0. The second-order valence-corrected chi connectivity index (χ2v) is 5.67. The van der Waals surface area contributed by atoms with Crippen LogP contribution in [-0.4, -0.2) is 12.5 Å². The maximum atomic E-state index is 13.0. The Balaban J connectivity index is 1.93. The van der Waals surface area contributed by atoms with Crippen molar-refractivity contribution >= 4 is 27.5 Å². The molecule has 0 saturated heterocycles. The quantitative estimate of drug-likeness (QED) is 0.829. The molecule has 1 amide bonds. The number of amides is 1. The molecule has 0 spiro atoms. The molecule has 2 aromatic carbocycles. The first-order valence-electron chi connectivity index (χ1n) is 6.55. The smallest absolute Gasteiger partial charge is 0.251 e. The van der Waals surface area contributed by atoms with E-state index >= 15 is 0 Å². The number of hydrogen-bond acceptors (Lipinski definition) is 2. The fraction of sp³-hybridized carbons (Fsp3) is 0.188. The molecule has 0 aliphatic heterocycles. The number of nitrogens with one attached hydrogen (secondary N) is 1. The van der Waals surface area contributed by atoms with Gasteiger partial charge in [0.1, 0.15) is 5.82 Å². The van der Waals surface area contributed by atoms with E-state index < -0.39 is 0 Å². The molecule has 3 nitrogen and oxygen atoms in total. The molecule has 5 heteroatoms. The molecule has 0 aliphatic rings. The number of rotatable bonds is 4. The summed E-state index contributed by atoms with van der Waals surface area (Å²) in [6, 6.07) is 9.72. The SMILES string of the molecule is Cc1cc(F)ccc1CCNC(=O)c1ccc(N)c(Br)c1. The molecule has 2 aromatic rings. The van der Waals surface area contributed by atoms with E-state index in [1.165, 1.54) is 12.1 Å². The lowest BCUT2D eigenvalue weighted by molar-refractivity contribution is 0.0954. The average Bonchev–Trinajstić information content (AvgIpc) is 2.44. The monoisotopic (exact) mass is 350 g/mol. The topological polar surface area (TPSA) is 55.1 Å². The number of hydrogen-bond donors (Lipinski definition) is 2. The zero-order chi connectivity index (χ0) is 15.4. The van der Waals surface area contributed by atoms with Crippen molar-refractivity contribution in [3.05, 3.63) is 63.4 Å². The van der Waals surface area contributed by atoms with E-state index in [1.54, 1.807) is 24.3 Å². The van der Waals surface area contributed by atoms with E-state index in [0.29, 0.717) is 28.7 Å². The summed E-state index contributed by atoms with van der Waals surface area (Å²) in [5.74, 6) is -0.400. The van der Waals surface area contributed by atoms with E-state index in [-0.39, 0.29) is 11.7 Å². The van der Waals surface area contributed by atoms with Gasteiger partial charge >= 0.3 is 0 Å². The van der Waals surface area contributed by atoms with Crippen molar-refractivity contribution in [1.29, 1.82) is 0 Å². The van der Waals surface area contributed by atoms with Crippen LogP contribution in [0, 0.1) is 12.7 Å². The summed E-state index contributed by atoms with van der Waals surface area (Å²) in [6.07, 6.45) is 0.661. The first-order chi connectivity index (χ1) is 9.97. The lowest BCUT2D eigenvalue weighted by Gasteiger charge is -2.08. The second-order valence-electron chi connectivity index (χ2n) is 4.81. The lowest BCUT2D eigenvalue weighted by atomic mass is 10.1. The van der Waals surface area contributed by atoms with Gasteiger partial charge in [-0.1, -0.05) is 6.07 Å². The van der Waals surface area contributed by atoms with Gasteiger partial charge in [0.25, 0.3) is 5.91 Å². The van der Waals surface area contributed by atoms with Gasteiger partial charge in [0.15, 0.2) is 0 Å². The molecule has 0 unspecified atom stereocenters. The van der Waals surface area contributed by atoms with Crippen LogP contribution in [0.15, 0.2) is 40.9 Å². The van der Waals surface area contributed by atoms with Gasteiger partial charge in [-0.25, -0.2) is 4.39 Å². The fourth-order valence-corrected chi connectivity index (χ4v) is 2.40. The first kappa shape index (κ1) is 15.5. The zero-order valence-electron chi connectivity index (χ0n) is 11.6. The molecule has 3 N–H and O–H groups in total. The van der Waals surface area contributed by atoms with Gasteiger partial charge in [-0.3, -0.25) is 4.79 Å². The van der Waals surface area contributed by atoms with Crippen LogP contribution in [0.1, 0.15) is 21.5 Å². The highest BCUT2D eigenvalue weighted by molar-refractivity contribution is 9.10. The first-order valence-corrected chi connectivity index (χ1v) is 7.35. The Bertz CT molecular complexity index is 673. The third-order valence-electron chi connectivity index (χ3n) is 3.25. The molecule has 0 aliphatic carbocycles. The van der Waals surface area contributed by atoms with Crippen LogP contribution in [0.25, 0.3) is 0 Å². The number of aryl methyl sites for hydroxylation is 1. The largest absolute Gasteiger partial charge is 0.398 e. The van der Waals surface area contributed by atoms with Gasteiger partial charge in [-0.15, -0.1) is 0 Å². The van der Waals surface area contributed by atoms with E-state index in [4.69, 9.17) is 5.73 Å². The summed E-state index contributed by atoms with van der Waals surface area (Å²) in [5.41, 5.74) is 8.74. The van der Waals surface area contributed by atoms with Crippen LogP contribution < -0.4 is 11.1 Å². The van der Waals surface area contributed by atoms with Crippen LogP contribution in [0.3, 0.4) is 0 Å². The number of halogens is 2. The number of benzene rings is 2. The number of anilines is 1. The van der Waals surface area contributed by atoms with Crippen LogP contribution in [0.4, 0.5) is 10.1 Å². The Labute approximate surface area is 131 Å². The molecule has 0 heterocycles. The van der Waals surface area contributed by atoms with Crippen molar-refractivity contribution in [2.45, 2.75) is 13.3 Å². The fourth-order valence-electron chi connectivity index (χ4n) is 2.02. The standard InChI is InChI=1S/C16H16BrFN2O/c1-10-8-13(18)4-2-11(10)6-7-20-16(21)12-3-5-15(19)14(17)9-12/h2-5,8-9H,6-7,19H2,1H3,(H,20,21). The molecular formula is C16H16BrFN2O. The normalized spacial score (nSPS) is 10.4. The van der Waals surface area contributed by atoms with Crippen LogP contribution in [0.2, 0.25) is 0 Å². The highest BCUT2D eigenvalue weighted by Gasteiger charge is 2.07. The molecule has 0 atom stereocenters. The van der Waals surface area contributed by atoms with Crippen molar-refractivity contribution in [3.8, 4) is 0 Å². The van der Waals surface area contributed by atoms with Gasteiger partial charge in [0, 0.05) is 22.3 Å². The molecule has 0 fully saturated rings. The van der Waals surface area contributed by atoms with Gasteiger partial charge in [-0.2, -0.15) is 0 Å². The third-order valence-corrected chi connectivity index (χ3v) is 3.93. The highest BCUT2D eigenvalue weighted by Crippen LogP contribution is 2.20. The Morgan fingerprint density at radius 3 is 2.71 bits per heavy atom. The van der Waals surface area contributed by atoms with Crippen molar-refractivity contribution < 1.29 is 9.18 Å². The number of nitrogens with two attached hydrogens (primary N) is 1. The maximum Gasteiger partial charge on any atom is 0.251 e. The minimum Gasteiger partial charge on any atom is -0.398 e. The van der Waals surface area contributed by atoms with Crippen molar-refractivity contribution in [2.24, 2.45) is 0 Å². The molecule has 0 saturated carbocycles. The third kappa shape index (κ3) is 4.04. The van der Waals surface area contributed by atoms with Crippen molar-refractivity contribution in [2.75, 3.05) is 12.3 Å². The number of carbonyl (C=O) groups is 1. The molecule has 2 rings (SSSR count). The van der Waals surface area contributed by atoms with Gasteiger partial charge in [-0.05, 0) is 70.7 Å². The summed E-state index contributed by atoms with van der Waals surface area (Å²) in [6.45, 7) is 2.35. The predicted molar refractivity (Wildman–Crippen MR) is 85.7 cm³/mol. The van der Waals surface area contributed by atoms with Crippen LogP contribution in [0.5, 0.6) is 0 Å². The molecular weight excluding hydrogens is 335 g/mol. The summed E-state index contributed by atoms with van der Waals surface area (Å²) < 4.78 is 13.7. The van der Waals surface area contributed by atoms with E-state index in [0.717, 1.165) is 11.1 Å². The summed E-state index contributed by atoms with van der Waals surface area (Å²) in [5, 5.41) is 2.84. The minimum absolute atomic E-state index is 0.157. The van der Waals surface area contributed by atoms with Crippen molar-refractivity contribution in [3.63, 3.8) is 0 Å². The molecule has 21 heavy (non-hydrogen) atoms. The average molecular weight is 351 g/mol. The predicted octanol–water partition coefficient (Wildman–Crippen LogP) is 3.45. The molecule has 0 bridgehead atoms. The number of carbonyl (C=O) groups excluding carboxylic acids is 1. The van der Waals surface area contributed by atoms with Gasteiger partial charge < -0.3 is 11.1 Å². The van der Waals surface area contributed by atoms with Crippen molar-refractivity contribution in [1.82, 2.24) is 5.32 Å². The Morgan fingerprint density at radius 1 is 1.29 bits per heavy atom. The van der Waals surface area contributed by atoms with Crippen LogP contribution >= 0.6 is 15.9 Å². The van der Waals surface area contributed by atoms with E-state index in [1.807, 2.05) is 6.92 Å². The second kappa shape index (κ2) is 6.72. The minimum atomic E-state index is -0.244. The van der Waals surface area contributed by atoms with Crippen LogP contribution in [-0.2, 0) is 6.42 Å². The molecule has 0 radical (unpaired) electrons. The molecule has 0 aromatic heterocycles. The Kier molecular flexibility index (Phi) is 4.96. The summed E-state index contributed by atoms with van der Waals surface area (Å²) in [4.78, 5) is 12.0. The van der Waals surface area contributed by atoms with Gasteiger partial charge in [0.2, 0.25) is 0 Å². The maximum absolute atomic E-state index is 13.0. The Hall–Kier alpha value is -1.88. The zero-order valence-corrected chi connectivity index (χ0v) is 13.2.